The fraction of sp³-hybridized carbons (Fsp3) is 0.333. The average molecular weight is 620 g/mol. The lowest BCUT2D eigenvalue weighted by molar-refractivity contribution is -0.192. The van der Waals surface area contributed by atoms with E-state index in [1.54, 1.807) is 4.90 Å². The van der Waals surface area contributed by atoms with Crippen LogP contribution in [0, 0.1) is 17.5 Å². The topological polar surface area (TPSA) is 98.7 Å². The number of carboxylic acid groups (broad SMARTS) is 1. The molecule has 1 amide bonds. The van der Waals surface area contributed by atoms with E-state index in [-0.39, 0.29) is 21.4 Å². The van der Waals surface area contributed by atoms with Gasteiger partial charge in [0.1, 0.15) is 5.82 Å². The Bertz CT molecular complexity index is 1410. The lowest BCUT2D eigenvalue weighted by Gasteiger charge is -2.36. The number of halogens is 7. The summed E-state index contributed by atoms with van der Waals surface area (Å²) in [5, 5.41) is 10.5. The molecule has 2 heterocycles. The summed E-state index contributed by atoms with van der Waals surface area (Å²) in [6.07, 6.45) is -3.04. The maximum atomic E-state index is 13.8. The summed E-state index contributed by atoms with van der Waals surface area (Å²) in [7, 11) is 0. The molecule has 0 radical (unpaired) electrons. The number of hydrogen-bond acceptors (Lipinski definition) is 6. The van der Waals surface area contributed by atoms with Crippen LogP contribution in [0.5, 0.6) is 0 Å². The molecule has 1 saturated heterocycles. The van der Waals surface area contributed by atoms with E-state index >= 15 is 0 Å². The van der Waals surface area contributed by atoms with Crippen LogP contribution in [0.1, 0.15) is 23.2 Å². The number of aromatic nitrogens is 2. The molecule has 5 rings (SSSR count). The number of hydrogen-bond donors (Lipinski definition) is 2. The molecule has 2 aliphatic rings. The van der Waals surface area contributed by atoms with E-state index < -0.39 is 29.6 Å². The number of carbonyl (C=O) groups excluding carboxylic acids is 1. The summed E-state index contributed by atoms with van der Waals surface area (Å²) in [6.45, 7) is 1.87. The van der Waals surface area contributed by atoms with Crippen LogP contribution in [0.2, 0.25) is 0 Å². The van der Waals surface area contributed by atoms with Gasteiger partial charge in [0.05, 0.1) is 15.5 Å². The first-order chi connectivity index (χ1) is 18.3. The van der Waals surface area contributed by atoms with Gasteiger partial charge in [0, 0.05) is 49.9 Å². The summed E-state index contributed by atoms with van der Waals surface area (Å²) in [5.41, 5.74) is 0.965. The number of nitrogens with zero attached hydrogens (tertiary/aromatic N) is 4. The highest BCUT2D eigenvalue weighted by atomic mass is 79.9. The second-order valence-corrected chi connectivity index (χ2v) is 9.63. The molecule has 0 spiro atoms. The highest BCUT2D eigenvalue weighted by molar-refractivity contribution is 9.10. The summed E-state index contributed by atoms with van der Waals surface area (Å²) in [4.78, 5) is 34.5. The summed E-state index contributed by atoms with van der Waals surface area (Å²) in [5.74, 6) is -4.19. The molecule has 1 aliphatic heterocycles. The number of aliphatic carboxylic acids is 1. The minimum Gasteiger partial charge on any atom is -0.475 e. The first-order valence-corrected chi connectivity index (χ1v) is 12.4. The Labute approximate surface area is 225 Å². The van der Waals surface area contributed by atoms with Gasteiger partial charge in [-0.05, 0) is 47.0 Å². The van der Waals surface area contributed by atoms with Crippen molar-refractivity contribution in [3.05, 3.63) is 57.8 Å². The van der Waals surface area contributed by atoms with E-state index in [0.29, 0.717) is 49.4 Å². The zero-order valence-electron chi connectivity index (χ0n) is 19.9. The SMILES string of the molecule is O=C(O)C(F)(F)F.O=C(c1ccc(F)c(Br)c1)N1CCN(c2nc3cc(F)c(F)cc3nc2NC2CC2)CC1. The van der Waals surface area contributed by atoms with Crippen LogP contribution in [0.15, 0.2) is 34.8 Å². The second kappa shape index (κ2) is 11.2. The summed E-state index contributed by atoms with van der Waals surface area (Å²) >= 11 is 3.11. The Balaban J connectivity index is 0.000000448. The maximum Gasteiger partial charge on any atom is 0.490 e. The fourth-order valence-corrected chi connectivity index (χ4v) is 4.09. The van der Waals surface area contributed by atoms with Gasteiger partial charge in [-0.1, -0.05) is 0 Å². The number of rotatable bonds is 4. The molecule has 1 aromatic heterocycles. The summed E-state index contributed by atoms with van der Waals surface area (Å²) in [6, 6.07) is 6.60. The van der Waals surface area contributed by atoms with Gasteiger partial charge in [-0.3, -0.25) is 4.79 Å². The van der Waals surface area contributed by atoms with Gasteiger partial charge < -0.3 is 20.2 Å². The molecular weight excluding hydrogens is 600 g/mol. The van der Waals surface area contributed by atoms with Gasteiger partial charge >= 0.3 is 12.1 Å². The van der Waals surface area contributed by atoms with Crippen LogP contribution in [0.3, 0.4) is 0 Å². The zero-order chi connectivity index (χ0) is 28.5. The fourth-order valence-electron chi connectivity index (χ4n) is 3.71. The number of alkyl halides is 3. The van der Waals surface area contributed by atoms with E-state index in [1.807, 2.05) is 4.90 Å². The smallest absolute Gasteiger partial charge is 0.475 e. The Morgan fingerprint density at radius 2 is 1.49 bits per heavy atom. The lowest BCUT2D eigenvalue weighted by Crippen LogP contribution is -2.49. The van der Waals surface area contributed by atoms with Crippen LogP contribution >= 0.6 is 15.9 Å². The number of carbonyl (C=O) groups is 2. The molecule has 8 nitrogen and oxygen atoms in total. The molecule has 15 heteroatoms. The quantitative estimate of drug-likeness (QED) is 0.398. The number of anilines is 2. The zero-order valence-corrected chi connectivity index (χ0v) is 21.5. The van der Waals surface area contributed by atoms with Gasteiger partial charge in [-0.25, -0.2) is 27.9 Å². The molecular formula is C24H20BrF6N5O3. The molecule has 39 heavy (non-hydrogen) atoms. The van der Waals surface area contributed by atoms with Crippen molar-refractivity contribution >= 4 is 50.5 Å². The van der Waals surface area contributed by atoms with Crippen LogP contribution in [-0.4, -0.2) is 70.2 Å². The highest BCUT2D eigenvalue weighted by Gasteiger charge is 2.38. The molecule has 2 aromatic carbocycles. The number of piperazine rings is 1. The standard InChI is InChI=1S/C22H19BrF3N5O.C2HF3O2/c23-14-9-12(1-4-15(14)24)22(32)31-7-5-30(6-8-31)21-20(27-13-2-3-13)28-18-10-16(25)17(26)11-19(18)29-21;3-2(4,5)1(6)7/h1,4,9-11,13H,2-3,5-8H2,(H,27,28);(H,6,7). The Morgan fingerprint density at radius 3 is 2.00 bits per heavy atom. The van der Waals surface area contributed by atoms with Crippen LogP contribution < -0.4 is 10.2 Å². The number of amides is 1. The average Bonchev–Trinajstić information content (AvgIpc) is 3.70. The van der Waals surface area contributed by atoms with Gasteiger partial charge in [0.15, 0.2) is 23.3 Å². The van der Waals surface area contributed by atoms with E-state index in [2.05, 4.69) is 31.2 Å². The van der Waals surface area contributed by atoms with Gasteiger partial charge in [0.25, 0.3) is 5.91 Å². The normalized spacial score (nSPS) is 15.6. The number of benzene rings is 2. The third-order valence-electron chi connectivity index (χ3n) is 5.88. The monoisotopic (exact) mass is 619 g/mol. The van der Waals surface area contributed by atoms with Crippen molar-refractivity contribution in [2.45, 2.75) is 25.1 Å². The predicted molar refractivity (Wildman–Crippen MR) is 132 cm³/mol. The van der Waals surface area contributed by atoms with Crippen molar-refractivity contribution in [3.8, 4) is 0 Å². The predicted octanol–water partition coefficient (Wildman–Crippen LogP) is 4.98. The minimum atomic E-state index is -5.08. The Kier molecular flexibility index (Phi) is 8.18. The molecule has 3 aromatic rings. The van der Waals surface area contributed by atoms with Crippen LogP contribution in [-0.2, 0) is 4.79 Å². The van der Waals surface area contributed by atoms with Crippen molar-refractivity contribution in [2.24, 2.45) is 0 Å². The molecule has 1 saturated carbocycles. The van der Waals surface area contributed by atoms with Crippen molar-refractivity contribution in [1.82, 2.24) is 14.9 Å². The third kappa shape index (κ3) is 6.88. The first-order valence-electron chi connectivity index (χ1n) is 11.6. The molecule has 0 atom stereocenters. The summed E-state index contributed by atoms with van der Waals surface area (Å²) < 4.78 is 72.9. The van der Waals surface area contributed by atoms with E-state index in [1.165, 1.54) is 18.2 Å². The number of fused-ring (bicyclic) bond motifs is 1. The molecule has 1 aliphatic carbocycles. The Hall–Kier alpha value is -3.62. The lowest BCUT2D eigenvalue weighted by atomic mass is 10.1. The maximum absolute atomic E-state index is 13.8. The van der Waals surface area contributed by atoms with Crippen LogP contribution in [0.25, 0.3) is 11.0 Å². The Morgan fingerprint density at radius 1 is 0.923 bits per heavy atom. The minimum absolute atomic E-state index is 0.177. The van der Waals surface area contributed by atoms with E-state index in [4.69, 9.17) is 9.90 Å². The van der Waals surface area contributed by atoms with Gasteiger partial charge in [0.2, 0.25) is 0 Å². The van der Waals surface area contributed by atoms with Crippen molar-refractivity contribution < 1.29 is 41.0 Å². The largest absolute Gasteiger partial charge is 0.490 e. The van der Waals surface area contributed by atoms with Crippen molar-refractivity contribution in [2.75, 3.05) is 36.4 Å². The molecule has 0 bridgehead atoms. The van der Waals surface area contributed by atoms with E-state index in [9.17, 15) is 31.1 Å². The highest BCUT2D eigenvalue weighted by Crippen LogP contribution is 2.32. The number of nitrogens with one attached hydrogen (secondary N) is 1. The first kappa shape index (κ1) is 28.4. The third-order valence-corrected chi connectivity index (χ3v) is 6.49. The van der Waals surface area contributed by atoms with Crippen molar-refractivity contribution in [1.29, 1.82) is 0 Å². The van der Waals surface area contributed by atoms with Gasteiger partial charge in [-0.15, -0.1) is 0 Å². The molecule has 2 N–H and O–H groups in total. The molecule has 208 valence electrons. The molecule has 0 unspecified atom stereocenters. The number of carboxylic acids is 1. The second-order valence-electron chi connectivity index (χ2n) is 8.78. The molecule has 2 fully saturated rings. The van der Waals surface area contributed by atoms with Crippen LogP contribution in [0.4, 0.5) is 38.0 Å². The van der Waals surface area contributed by atoms with Gasteiger partial charge in [-0.2, -0.15) is 13.2 Å². The van der Waals surface area contributed by atoms with Crippen molar-refractivity contribution in [3.63, 3.8) is 0 Å². The van der Waals surface area contributed by atoms with E-state index in [0.717, 1.165) is 25.0 Å².